The smallest absolute Gasteiger partial charge is 0.181 e. The Morgan fingerprint density at radius 1 is 0.383 bits per heavy atom. The van der Waals surface area contributed by atoms with Crippen molar-refractivity contribution in [2.45, 2.75) is 32.9 Å². The molecule has 0 bridgehead atoms. The van der Waals surface area contributed by atoms with Crippen LogP contribution in [0.2, 0.25) is 0 Å². The Bertz CT molecular complexity index is 3190. The first-order chi connectivity index (χ1) is 29.4. The van der Waals surface area contributed by atoms with Crippen LogP contribution < -0.4 is 56.4 Å². The van der Waals surface area contributed by atoms with Gasteiger partial charge in [-0.25, -0.2) is 0 Å². The van der Waals surface area contributed by atoms with Crippen molar-refractivity contribution in [3.05, 3.63) is 56.8 Å². The summed E-state index contributed by atoms with van der Waals surface area (Å²) in [6.45, 7) is 14.2. The third-order valence-electron chi connectivity index (χ3n) is 10.6. The summed E-state index contributed by atoms with van der Waals surface area (Å²) >= 11 is 9.85. The molecule has 0 fully saturated rings. The van der Waals surface area contributed by atoms with Crippen LogP contribution in [0.25, 0.3) is 11.0 Å². The van der Waals surface area contributed by atoms with Gasteiger partial charge in [0.1, 0.15) is 79.3 Å². The Morgan fingerprint density at radius 3 is 1.07 bits per heavy atom. The van der Waals surface area contributed by atoms with Gasteiger partial charge in [0, 0.05) is 0 Å². The quantitative estimate of drug-likeness (QED) is 0.155. The highest BCUT2D eigenvalue weighted by Gasteiger charge is 2.43. The van der Waals surface area contributed by atoms with Crippen molar-refractivity contribution < 1.29 is 56.8 Å². The van der Waals surface area contributed by atoms with Gasteiger partial charge in [-0.15, -0.1) is 68.4 Å². The third-order valence-corrected chi connectivity index (χ3v) is 19.0. The Morgan fingerprint density at radius 2 is 0.683 bits per heavy atom. The fourth-order valence-corrected chi connectivity index (χ4v) is 15.9. The molecule has 0 radical (unpaired) electrons. The van der Waals surface area contributed by atoms with Gasteiger partial charge in [0.05, 0.1) is 55.5 Å². The van der Waals surface area contributed by atoms with Crippen molar-refractivity contribution in [1.29, 1.82) is 0 Å². The molecule has 12 heterocycles. The second-order valence-corrected chi connectivity index (χ2v) is 21.7. The maximum Gasteiger partial charge on any atom is 0.181 e. The van der Waals surface area contributed by atoms with Crippen molar-refractivity contribution in [3.63, 3.8) is 0 Å². The van der Waals surface area contributed by atoms with Gasteiger partial charge in [0.2, 0.25) is 0 Å². The van der Waals surface area contributed by atoms with Gasteiger partial charge in [0.25, 0.3) is 0 Å². The number of rotatable bonds is 0. The number of hydrogen-bond acceptors (Lipinski definition) is 18. The largest absolute Gasteiger partial charge is 0.489 e. The molecule has 0 amide bonds. The summed E-state index contributed by atoms with van der Waals surface area (Å²) in [5, 5.41) is 0.0973. The predicted octanol–water partition coefficient (Wildman–Crippen LogP) is 7.33. The summed E-state index contributed by atoms with van der Waals surface area (Å²) in [5.41, 5.74) is -0.0597. The van der Waals surface area contributed by atoms with E-state index in [4.69, 9.17) is 56.8 Å². The zero-order valence-corrected chi connectivity index (χ0v) is 37.9. The molecule has 0 aromatic carbocycles. The zero-order valence-electron chi connectivity index (χ0n) is 33.0. The zero-order chi connectivity index (χ0) is 40.3. The van der Waals surface area contributed by atoms with E-state index in [1.807, 2.05) is 6.92 Å². The van der Waals surface area contributed by atoms with Gasteiger partial charge in [-0.2, -0.15) is 0 Å². The molecule has 18 heteroatoms. The number of fused-ring (bicyclic) bond motifs is 5. The van der Waals surface area contributed by atoms with E-state index < -0.39 is 0 Å². The molecule has 314 valence electrons. The minimum Gasteiger partial charge on any atom is -0.489 e. The van der Waals surface area contributed by atoms with Crippen LogP contribution in [-0.2, 0) is 9.47 Å². The van der Waals surface area contributed by atoms with Gasteiger partial charge < -0.3 is 56.8 Å². The Hall–Kier alpha value is -4.07. The van der Waals surface area contributed by atoms with Crippen molar-refractivity contribution >= 4 is 79.4 Å². The lowest BCUT2D eigenvalue weighted by Gasteiger charge is -2.28. The van der Waals surface area contributed by atoms with Gasteiger partial charge >= 0.3 is 0 Å². The van der Waals surface area contributed by atoms with Crippen LogP contribution in [0, 0.1) is 41.7 Å². The molecule has 5 aromatic rings. The van der Waals surface area contributed by atoms with Crippen LogP contribution in [0.3, 0.4) is 0 Å². The van der Waals surface area contributed by atoms with Crippen molar-refractivity contribution in [2.24, 2.45) is 5.41 Å². The molecule has 60 heavy (non-hydrogen) atoms. The van der Waals surface area contributed by atoms with E-state index in [1.54, 1.807) is 68.4 Å². The molecule has 0 saturated heterocycles. The molecule has 0 aliphatic carbocycles. The van der Waals surface area contributed by atoms with E-state index in [9.17, 15) is 0 Å². The lowest BCUT2D eigenvalue weighted by molar-refractivity contribution is 0.0634. The van der Waals surface area contributed by atoms with Gasteiger partial charge in [-0.3, -0.25) is 0 Å². The van der Waals surface area contributed by atoms with E-state index >= 15 is 0 Å². The molecule has 0 N–H and O–H groups in total. The van der Waals surface area contributed by atoms with Gasteiger partial charge in [0.15, 0.2) is 69.0 Å². The maximum absolute atomic E-state index is 6.51. The fraction of sp³-hybridized carbons (Fsp3) is 0.429. The maximum atomic E-state index is 6.51. The molecule has 0 spiro atoms. The molecular weight excluding hydrogens is 889 g/mol. The van der Waals surface area contributed by atoms with Crippen LogP contribution in [0.5, 0.6) is 57.5 Å². The van der Waals surface area contributed by atoms with Crippen LogP contribution in [0.4, 0.5) is 0 Å². The second-order valence-electron chi connectivity index (χ2n) is 15.5. The first-order valence-corrected chi connectivity index (χ1v) is 24.8. The van der Waals surface area contributed by atoms with Crippen molar-refractivity contribution in [2.75, 3.05) is 79.3 Å². The highest BCUT2D eigenvalue weighted by molar-refractivity contribution is 8.09. The SMILES string of the molecule is C/C=c1/s/c(=c2/s/c(=c3/s/c(=c4/s/c(=c5/s/c(=C6/SC(C(C)(C)C)C7=C6OCCO7)c6c5OCCO6)c5c4OCCO5)c4c3OCCO4)c3c2OCCO3)c2c1OCCO2. The van der Waals surface area contributed by atoms with Gasteiger partial charge in [-0.1, -0.05) is 26.8 Å². The highest BCUT2D eigenvalue weighted by atomic mass is 32.2. The normalized spacial score (nSPS) is 23.5. The molecule has 5 aromatic heterocycles. The Balaban J connectivity index is 1.18. The van der Waals surface area contributed by atoms with Gasteiger partial charge in [-0.05, 0) is 12.3 Å². The summed E-state index contributed by atoms with van der Waals surface area (Å²) < 4.78 is 86.0. The van der Waals surface area contributed by atoms with E-state index in [0.717, 1.165) is 79.0 Å². The number of hydrogen-bond donors (Lipinski definition) is 0. The number of thiophene rings is 5. The van der Waals surface area contributed by atoms with E-state index in [0.29, 0.717) is 120 Å². The first-order valence-electron chi connectivity index (χ1n) is 19.8. The molecule has 7 aliphatic rings. The predicted molar refractivity (Wildman–Crippen MR) is 230 cm³/mol. The van der Waals surface area contributed by atoms with Crippen LogP contribution in [0.1, 0.15) is 27.7 Å². The van der Waals surface area contributed by atoms with Crippen LogP contribution in [0.15, 0.2) is 11.5 Å². The van der Waals surface area contributed by atoms with Crippen molar-refractivity contribution in [3.8, 4) is 57.5 Å². The number of ether oxygens (including phenoxy) is 12. The summed E-state index contributed by atoms with van der Waals surface area (Å²) in [7, 11) is 0. The van der Waals surface area contributed by atoms with E-state index in [2.05, 4.69) is 26.8 Å². The minimum absolute atomic E-state index is 0.0597. The lowest BCUT2D eigenvalue weighted by atomic mass is 9.90. The summed E-state index contributed by atoms with van der Waals surface area (Å²) in [4.78, 5) is 1.02. The monoisotopic (exact) mass is 926 g/mol. The second kappa shape index (κ2) is 14.5. The summed E-state index contributed by atoms with van der Waals surface area (Å²) in [6.07, 6.45) is 2.06. The molecule has 7 aliphatic heterocycles. The standard InChI is InChI=1S/C42H38O12S6/c1-5-18-19-20(44-7-6-43-19)31(55-18)32-21-22(46-9-8-45-21)33(56-32)34-23-24(48-11-10-47-23)35(57-34)36-25-26(50-13-12-49-25)37(58-36)38-27-28(52-15-14-51-27)39(59-38)40-29-30(54-17-16-53-29)41(60-40)42(2,3)4/h5,41H,6-17H2,1-4H3/b18-5+,32-31+,34-33+,36-35+,38-37+,40-39+. The Kier molecular flexibility index (Phi) is 9.11. The average molecular weight is 927 g/mol. The molecule has 1 atom stereocenters. The first kappa shape index (κ1) is 37.7. The summed E-state index contributed by atoms with van der Waals surface area (Å²) in [6, 6.07) is 0. The number of thioether (sulfide) groups is 1. The topological polar surface area (TPSA) is 111 Å². The fourth-order valence-electron chi connectivity index (χ4n) is 8.07. The lowest BCUT2D eigenvalue weighted by Crippen LogP contribution is -2.26. The third kappa shape index (κ3) is 5.76. The molecule has 12 nitrogen and oxygen atoms in total. The Labute approximate surface area is 366 Å². The van der Waals surface area contributed by atoms with Crippen molar-refractivity contribution in [1.82, 2.24) is 0 Å². The molecular formula is C42H38O12S6. The van der Waals surface area contributed by atoms with Crippen LogP contribution >= 0.6 is 68.4 Å². The average Bonchev–Trinajstić information content (AvgIpc) is 4.13. The van der Waals surface area contributed by atoms with Crippen LogP contribution in [-0.4, -0.2) is 84.5 Å². The highest BCUT2D eigenvalue weighted by Crippen LogP contribution is 2.54. The molecule has 0 saturated carbocycles. The molecule has 12 rings (SSSR count). The van der Waals surface area contributed by atoms with E-state index in [1.165, 1.54) is 0 Å². The molecule has 1 unspecified atom stereocenters. The summed E-state index contributed by atoms with van der Waals surface area (Å²) in [5.74, 6) is 8.76. The minimum atomic E-state index is -0.0597. The van der Waals surface area contributed by atoms with E-state index in [-0.39, 0.29) is 10.7 Å².